The Bertz CT molecular complexity index is 600. The molecule has 0 radical (unpaired) electrons. The molecule has 7 heteroatoms. The van der Waals surface area contributed by atoms with Gasteiger partial charge in [0.2, 0.25) is 5.91 Å². The van der Waals surface area contributed by atoms with Crippen LogP contribution in [0.2, 0.25) is 0 Å². The monoisotopic (exact) mass is 372 g/mol. The van der Waals surface area contributed by atoms with Gasteiger partial charge in [-0.05, 0) is 57.7 Å². The maximum absolute atomic E-state index is 13.5. The van der Waals surface area contributed by atoms with Crippen LogP contribution in [0.25, 0.3) is 0 Å². The van der Waals surface area contributed by atoms with Crippen molar-refractivity contribution in [1.29, 1.82) is 0 Å². The van der Waals surface area contributed by atoms with Gasteiger partial charge >= 0.3 is 6.18 Å². The number of rotatable bonds is 8. The molecule has 26 heavy (non-hydrogen) atoms. The molecule has 0 aromatic heterocycles. The number of carbonyl (C=O) groups is 1. The van der Waals surface area contributed by atoms with Crippen molar-refractivity contribution in [2.24, 2.45) is 0 Å². The number of unbranched alkanes of at least 4 members (excludes halogenated alkanes) is 1. The highest BCUT2D eigenvalue weighted by Crippen LogP contribution is 2.35. The lowest BCUT2D eigenvalue weighted by atomic mass is 9.97. The molecule has 0 unspecified atom stereocenters. The van der Waals surface area contributed by atoms with E-state index in [-0.39, 0.29) is 18.7 Å². The van der Waals surface area contributed by atoms with Gasteiger partial charge in [-0.25, -0.2) is 5.01 Å². The molecule has 2 rings (SSSR count). The second-order valence-corrected chi connectivity index (χ2v) is 7.27. The van der Waals surface area contributed by atoms with Crippen LogP contribution in [0, 0.1) is 0 Å². The number of nitrogens with one attached hydrogen (secondary N) is 1. The first-order valence-electron chi connectivity index (χ1n) is 9.01. The van der Waals surface area contributed by atoms with Gasteiger partial charge in [-0.3, -0.25) is 10.2 Å². The summed E-state index contributed by atoms with van der Waals surface area (Å²) in [6, 6.07) is 5.97. The highest BCUT2D eigenvalue weighted by Gasteiger charge is 2.51. The molecule has 1 N–H and O–H groups in total. The molecule has 0 spiro atoms. The van der Waals surface area contributed by atoms with Crippen molar-refractivity contribution in [3.05, 3.63) is 29.8 Å². The molecule has 1 atom stereocenters. The van der Waals surface area contributed by atoms with E-state index in [2.05, 4.69) is 5.43 Å². The van der Waals surface area contributed by atoms with Crippen molar-refractivity contribution >= 4 is 5.91 Å². The van der Waals surface area contributed by atoms with Crippen molar-refractivity contribution in [3.8, 4) is 5.75 Å². The number of carbonyl (C=O) groups excluding carboxylic acids is 1. The fourth-order valence-electron chi connectivity index (χ4n) is 3.33. The van der Waals surface area contributed by atoms with E-state index in [1.54, 1.807) is 13.8 Å². The van der Waals surface area contributed by atoms with E-state index in [0.29, 0.717) is 25.9 Å². The van der Waals surface area contributed by atoms with Crippen molar-refractivity contribution in [2.75, 3.05) is 6.61 Å². The number of nitrogens with zero attached hydrogens (tertiary/aromatic N) is 1. The fourth-order valence-corrected chi connectivity index (χ4v) is 3.33. The van der Waals surface area contributed by atoms with Crippen molar-refractivity contribution < 1.29 is 22.7 Å². The molecular weight excluding hydrogens is 345 g/mol. The minimum absolute atomic E-state index is 0.0375. The Morgan fingerprint density at radius 3 is 2.38 bits per heavy atom. The molecule has 4 nitrogen and oxygen atoms in total. The van der Waals surface area contributed by atoms with Gasteiger partial charge in [0.15, 0.2) is 0 Å². The van der Waals surface area contributed by atoms with Crippen LogP contribution >= 0.6 is 0 Å². The molecule has 0 saturated carbocycles. The second kappa shape index (κ2) is 8.29. The third kappa shape index (κ3) is 5.37. The van der Waals surface area contributed by atoms with Crippen molar-refractivity contribution in [1.82, 2.24) is 10.4 Å². The van der Waals surface area contributed by atoms with Crippen LogP contribution in [0.5, 0.6) is 5.75 Å². The predicted molar refractivity (Wildman–Crippen MR) is 93.7 cm³/mol. The predicted octanol–water partition coefficient (Wildman–Crippen LogP) is 4.24. The SMILES string of the molecule is CCOc1ccc(CCCC[C@H](N2NC(=O)CC2(C)C)C(F)(F)F)cc1. The molecule has 1 heterocycles. The van der Waals surface area contributed by atoms with Crippen molar-refractivity contribution in [2.45, 2.75) is 70.6 Å². The molecule has 1 fully saturated rings. The normalized spacial score (nSPS) is 18.6. The van der Waals surface area contributed by atoms with Crippen LogP contribution in [0.3, 0.4) is 0 Å². The number of alkyl halides is 3. The van der Waals surface area contributed by atoms with Gasteiger partial charge in [0.25, 0.3) is 0 Å². The molecule has 0 bridgehead atoms. The minimum Gasteiger partial charge on any atom is -0.494 e. The zero-order valence-electron chi connectivity index (χ0n) is 15.5. The number of ether oxygens (including phenoxy) is 1. The molecule has 1 aromatic rings. The standard InChI is InChI=1S/C19H27F3N2O2/c1-4-26-15-11-9-14(10-12-15)7-5-6-8-16(19(20,21)22)24-18(2,3)13-17(25)23-24/h9-12,16H,4-8,13H2,1-3H3,(H,23,25)/t16-/m0/s1. The smallest absolute Gasteiger partial charge is 0.405 e. The van der Waals surface area contributed by atoms with Gasteiger partial charge in [0.05, 0.1) is 6.61 Å². The largest absolute Gasteiger partial charge is 0.494 e. The first-order valence-corrected chi connectivity index (χ1v) is 9.01. The number of amides is 1. The Morgan fingerprint density at radius 2 is 1.88 bits per heavy atom. The lowest BCUT2D eigenvalue weighted by Crippen LogP contribution is -2.56. The number of benzene rings is 1. The van der Waals surface area contributed by atoms with Crippen LogP contribution < -0.4 is 10.2 Å². The zero-order chi connectivity index (χ0) is 19.4. The molecule has 1 saturated heterocycles. The minimum atomic E-state index is -4.38. The molecule has 1 aromatic carbocycles. The number of aryl methyl sites for hydroxylation is 1. The molecule has 1 amide bonds. The Hall–Kier alpha value is -1.76. The summed E-state index contributed by atoms with van der Waals surface area (Å²) in [5.41, 5.74) is 2.62. The van der Waals surface area contributed by atoms with Crippen LogP contribution in [-0.2, 0) is 11.2 Å². The lowest BCUT2D eigenvalue weighted by Gasteiger charge is -2.37. The summed E-state index contributed by atoms with van der Waals surface area (Å²) in [6.07, 6.45) is -2.54. The summed E-state index contributed by atoms with van der Waals surface area (Å²) < 4.78 is 45.9. The van der Waals surface area contributed by atoms with Gasteiger partial charge in [-0.2, -0.15) is 13.2 Å². The molecule has 0 aliphatic carbocycles. The Kier molecular flexibility index (Phi) is 6.55. The van der Waals surface area contributed by atoms with E-state index >= 15 is 0 Å². The topological polar surface area (TPSA) is 41.6 Å². The van der Waals surface area contributed by atoms with E-state index in [1.165, 1.54) is 0 Å². The molecular formula is C19H27F3N2O2. The average molecular weight is 372 g/mol. The first kappa shape index (κ1) is 20.6. The fraction of sp³-hybridized carbons (Fsp3) is 0.632. The van der Waals surface area contributed by atoms with Crippen LogP contribution in [0.4, 0.5) is 13.2 Å². The number of hydrazine groups is 1. The van der Waals surface area contributed by atoms with Crippen LogP contribution in [0.15, 0.2) is 24.3 Å². The Balaban J connectivity index is 1.89. The molecule has 1 aliphatic rings. The van der Waals surface area contributed by atoms with E-state index in [4.69, 9.17) is 4.74 Å². The lowest BCUT2D eigenvalue weighted by molar-refractivity contribution is -0.202. The van der Waals surface area contributed by atoms with Gasteiger partial charge in [0, 0.05) is 12.0 Å². The first-order chi connectivity index (χ1) is 12.1. The quantitative estimate of drug-likeness (QED) is 0.694. The summed E-state index contributed by atoms with van der Waals surface area (Å²) in [7, 11) is 0. The maximum Gasteiger partial charge on any atom is 0.405 e. The van der Waals surface area contributed by atoms with Crippen molar-refractivity contribution in [3.63, 3.8) is 0 Å². The van der Waals surface area contributed by atoms with E-state index in [0.717, 1.165) is 16.3 Å². The molecule has 1 aliphatic heterocycles. The molecule has 146 valence electrons. The summed E-state index contributed by atoms with van der Waals surface area (Å²) >= 11 is 0. The Labute approximate surface area is 152 Å². The summed E-state index contributed by atoms with van der Waals surface area (Å²) in [5, 5.41) is 1.09. The Morgan fingerprint density at radius 1 is 1.23 bits per heavy atom. The average Bonchev–Trinajstić information content (AvgIpc) is 2.80. The number of halogens is 3. The number of hydrogen-bond acceptors (Lipinski definition) is 3. The van der Waals surface area contributed by atoms with Gasteiger partial charge in [0.1, 0.15) is 11.8 Å². The van der Waals surface area contributed by atoms with E-state index < -0.39 is 17.8 Å². The zero-order valence-corrected chi connectivity index (χ0v) is 15.5. The maximum atomic E-state index is 13.5. The van der Waals surface area contributed by atoms with E-state index in [9.17, 15) is 18.0 Å². The van der Waals surface area contributed by atoms with Gasteiger partial charge in [-0.15, -0.1) is 0 Å². The summed E-state index contributed by atoms with van der Waals surface area (Å²) in [6.45, 7) is 5.82. The summed E-state index contributed by atoms with van der Waals surface area (Å²) in [5.74, 6) is 0.430. The second-order valence-electron chi connectivity index (χ2n) is 7.27. The highest BCUT2D eigenvalue weighted by molar-refractivity contribution is 5.78. The third-order valence-corrected chi connectivity index (χ3v) is 4.61. The van der Waals surface area contributed by atoms with Gasteiger partial charge < -0.3 is 4.74 Å². The highest BCUT2D eigenvalue weighted by atomic mass is 19.4. The van der Waals surface area contributed by atoms with Gasteiger partial charge in [-0.1, -0.05) is 18.6 Å². The number of hydrogen-bond donors (Lipinski definition) is 1. The van der Waals surface area contributed by atoms with Crippen LogP contribution in [0.1, 0.15) is 52.0 Å². The third-order valence-electron chi connectivity index (χ3n) is 4.61. The summed E-state index contributed by atoms with van der Waals surface area (Å²) in [4.78, 5) is 11.6. The van der Waals surface area contributed by atoms with E-state index in [1.807, 2.05) is 31.2 Å². The van der Waals surface area contributed by atoms with Crippen LogP contribution in [-0.4, -0.2) is 35.3 Å².